The van der Waals surface area contributed by atoms with Gasteiger partial charge in [0.05, 0.1) is 5.02 Å². The Morgan fingerprint density at radius 1 is 1.33 bits per heavy atom. The summed E-state index contributed by atoms with van der Waals surface area (Å²) in [6, 6.07) is 6.96. The fourth-order valence-electron chi connectivity index (χ4n) is 4.23. The lowest BCUT2D eigenvalue weighted by atomic mass is 9.82. The molecule has 1 aromatic rings. The SMILES string of the molecule is CNC(Cc1cccc(F)c1Cl)C1CC2CCC(C1)N2C. The van der Waals surface area contributed by atoms with E-state index < -0.39 is 0 Å². The maximum atomic E-state index is 13.6. The van der Waals surface area contributed by atoms with Gasteiger partial charge < -0.3 is 10.2 Å². The first kappa shape index (κ1) is 15.3. The number of likely N-dealkylation sites (N-methyl/N-ethyl adjacent to an activating group) is 1. The zero-order valence-corrected chi connectivity index (χ0v) is 13.5. The minimum atomic E-state index is -0.313. The molecule has 2 heterocycles. The second-order valence-electron chi connectivity index (χ2n) is 6.59. The Kier molecular flexibility index (Phi) is 4.53. The Balaban J connectivity index is 1.72. The monoisotopic (exact) mass is 310 g/mol. The van der Waals surface area contributed by atoms with Gasteiger partial charge in [0.25, 0.3) is 0 Å². The third-order valence-electron chi connectivity index (χ3n) is 5.55. The number of hydrogen-bond donors (Lipinski definition) is 1. The zero-order valence-electron chi connectivity index (χ0n) is 12.8. The Labute approximate surface area is 131 Å². The number of fused-ring (bicyclic) bond motifs is 2. The standard InChI is InChI=1S/C17H24ClFN2/c1-20-16(10-11-4-3-5-15(19)17(11)18)12-8-13-6-7-14(9-12)21(13)2/h3-5,12-14,16,20H,6-10H2,1-2H3. The molecule has 0 spiro atoms. The van der Waals surface area contributed by atoms with Crippen LogP contribution in [0, 0.1) is 11.7 Å². The van der Waals surface area contributed by atoms with Crippen LogP contribution in [0.1, 0.15) is 31.2 Å². The first-order valence-electron chi connectivity index (χ1n) is 7.92. The average molecular weight is 311 g/mol. The first-order valence-corrected chi connectivity index (χ1v) is 8.30. The molecule has 4 heteroatoms. The van der Waals surface area contributed by atoms with Gasteiger partial charge in [-0.3, -0.25) is 0 Å². The molecule has 0 aromatic heterocycles. The normalized spacial score (nSPS) is 30.6. The highest BCUT2D eigenvalue weighted by Gasteiger charge is 2.40. The third-order valence-corrected chi connectivity index (χ3v) is 5.97. The van der Waals surface area contributed by atoms with Crippen LogP contribution < -0.4 is 5.32 Å². The topological polar surface area (TPSA) is 15.3 Å². The first-order chi connectivity index (χ1) is 10.1. The van der Waals surface area contributed by atoms with E-state index in [0.717, 1.165) is 24.1 Å². The van der Waals surface area contributed by atoms with E-state index >= 15 is 0 Å². The molecule has 21 heavy (non-hydrogen) atoms. The van der Waals surface area contributed by atoms with E-state index in [4.69, 9.17) is 11.6 Å². The van der Waals surface area contributed by atoms with E-state index in [1.807, 2.05) is 13.1 Å². The van der Waals surface area contributed by atoms with Gasteiger partial charge in [0.2, 0.25) is 0 Å². The molecule has 0 radical (unpaired) electrons. The van der Waals surface area contributed by atoms with Crippen molar-refractivity contribution in [3.63, 3.8) is 0 Å². The molecule has 1 aromatic carbocycles. The highest BCUT2D eigenvalue weighted by atomic mass is 35.5. The molecule has 2 aliphatic rings. The van der Waals surface area contributed by atoms with Crippen LogP contribution in [-0.2, 0) is 6.42 Å². The number of rotatable bonds is 4. The van der Waals surface area contributed by atoms with Gasteiger partial charge >= 0.3 is 0 Å². The molecule has 3 rings (SSSR count). The molecule has 2 aliphatic heterocycles. The molecule has 2 saturated heterocycles. The number of piperidine rings is 1. The summed E-state index contributed by atoms with van der Waals surface area (Å²) >= 11 is 6.12. The summed E-state index contributed by atoms with van der Waals surface area (Å²) in [6.07, 6.45) is 5.95. The van der Waals surface area contributed by atoms with Gasteiger partial charge in [-0.1, -0.05) is 23.7 Å². The van der Waals surface area contributed by atoms with Gasteiger partial charge in [-0.05, 0) is 63.7 Å². The summed E-state index contributed by atoms with van der Waals surface area (Å²) in [5, 5.41) is 3.74. The molecule has 3 atom stereocenters. The maximum Gasteiger partial charge on any atom is 0.142 e. The number of hydrogen-bond acceptors (Lipinski definition) is 2. The lowest BCUT2D eigenvalue weighted by molar-refractivity contribution is 0.114. The van der Waals surface area contributed by atoms with Gasteiger partial charge in [-0.2, -0.15) is 0 Å². The Morgan fingerprint density at radius 3 is 2.62 bits per heavy atom. The van der Waals surface area contributed by atoms with Crippen LogP contribution in [0.15, 0.2) is 18.2 Å². The van der Waals surface area contributed by atoms with Crippen LogP contribution >= 0.6 is 11.6 Å². The molecular weight excluding hydrogens is 287 g/mol. The van der Waals surface area contributed by atoms with E-state index in [1.54, 1.807) is 6.07 Å². The highest BCUT2D eigenvalue weighted by molar-refractivity contribution is 6.31. The van der Waals surface area contributed by atoms with Crippen LogP contribution in [0.4, 0.5) is 4.39 Å². The van der Waals surface area contributed by atoms with Crippen molar-refractivity contribution in [3.05, 3.63) is 34.6 Å². The molecule has 1 N–H and O–H groups in total. The van der Waals surface area contributed by atoms with Crippen LogP contribution in [0.25, 0.3) is 0 Å². The minimum absolute atomic E-state index is 0.286. The van der Waals surface area contributed by atoms with Crippen molar-refractivity contribution in [2.75, 3.05) is 14.1 Å². The molecule has 0 amide bonds. The fraction of sp³-hybridized carbons (Fsp3) is 0.647. The predicted octanol–water partition coefficient (Wildman–Crippen LogP) is 3.48. The van der Waals surface area contributed by atoms with Gasteiger partial charge in [0.1, 0.15) is 5.82 Å². The summed E-state index contributed by atoms with van der Waals surface area (Å²) < 4.78 is 13.6. The summed E-state index contributed by atoms with van der Waals surface area (Å²) in [4.78, 5) is 2.55. The summed E-state index contributed by atoms with van der Waals surface area (Å²) in [6.45, 7) is 0. The number of benzene rings is 1. The summed E-state index contributed by atoms with van der Waals surface area (Å²) in [5.41, 5.74) is 0.919. The van der Waals surface area contributed by atoms with E-state index in [2.05, 4.69) is 17.3 Å². The van der Waals surface area contributed by atoms with Crippen molar-refractivity contribution in [3.8, 4) is 0 Å². The van der Waals surface area contributed by atoms with Gasteiger partial charge in [-0.25, -0.2) is 4.39 Å². The van der Waals surface area contributed by atoms with Gasteiger partial charge in [-0.15, -0.1) is 0 Å². The van der Waals surface area contributed by atoms with Crippen molar-refractivity contribution in [1.82, 2.24) is 10.2 Å². The van der Waals surface area contributed by atoms with Crippen molar-refractivity contribution < 1.29 is 4.39 Å². The molecular formula is C17H24ClFN2. The van der Waals surface area contributed by atoms with E-state index in [-0.39, 0.29) is 10.8 Å². The molecule has 3 unspecified atom stereocenters. The third kappa shape index (κ3) is 2.96. The van der Waals surface area contributed by atoms with E-state index in [1.165, 1.54) is 31.7 Å². The molecule has 2 nitrogen and oxygen atoms in total. The molecule has 2 bridgehead atoms. The van der Waals surface area contributed by atoms with Crippen LogP contribution in [0.2, 0.25) is 5.02 Å². The van der Waals surface area contributed by atoms with Crippen LogP contribution in [-0.4, -0.2) is 37.1 Å². The van der Waals surface area contributed by atoms with Gasteiger partial charge in [0.15, 0.2) is 0 Å². The smallest absolute Gasteiger partial charge is 0.142 e. The van der Waals surface area contributed by atoms with E-state index in [9.17, 15) is 4.39 Å². The maximum absolute atomic E-state index is 13.6. The number of nitrogens with one attached hydrogen (secondary N) is 1. The zero-order chi connectivity index (χ0) is 15.0. The number of halogens is 2. The highest BCUT2D eigenvalue weighted by Crippen LogP contribution is 2.39. The Morgan fingerprint density at radius 2 is 2.00 bits per heavy atom. The summed E-state index contributed by atoms with van der Waals surface area (Å²) in [7, 11) is 4.27. The largest absolute Gasteiger partial charge is 0.316 e. The molecule has 2 fully saturated rings. The van der Waals surface area contributed by atoms with Gasteiger partial charge in [0, 0.05) is 18.1 Å². The lowest BCUT2D eigenvalue weighted by Crippen LogP contribution is -2.47. The van der Waals surface area contributed by atoms with Crippen LogP contribution in [0.3, 0.4) is 0 Å². The Bertz CT molecular complexity index is 494. The minimum Gasteiger partial charge on any atom is -0.316 e. The quantitative estimate of drug-likeness (QED) is 0.916. The molecule has 0 aliphatic carbocycles. The van der Waals surface area contributed by atoms with Crippen molar-refractivity contribution in [1.29, 1.82) is 0 Å². The fourth-order valence-corrected chi connectivity index (χ4v) is 4.43. The molecule has 0 saturated carbocycles. The van der Waals surface area contributed by atoms with Crippen molar-refractivity contribution in [2.45, 2.75) is 50.2 Å². The van der Waals surface area contributed by atoms with E-state index in [0.29, 0.717) is 12.0 Å². The summed E-state index contributed by atoms with van der Waals surface area (Å²) in [5.74, 6) is 0.343. The predicted molar refractivity (Wildman–Crippen MR) is 85.3 cm³/mol. The van der Waals surface area contributed by atoms with Crippen molar-refractivity contribution >= 4 is 11.6 Å². The lowest BCUT2D eigenvalue weighted by Gasteiger charge is -2.40. The average Bonchev–Trinajstić information content (AvgIpc) is 2.70. The van der Waals surface area contributed by atoms with Crippen LogP contribution in [0.5, 0.6) is 0 Å². The number of nitrogens with zero attached hydrogens (tertiary/aromatic N) is 1. The Hall–Kier alpha value is -0.640. The second-order valence-corrected chi connectivity index (χ2v) is 6.97. The second kappa shape index (κ2) is 6.23. The van der Waals surface area contributed by atoms with Crippen molar-refractivity contribution in [2.24, 2.45) is 5.92 Å². The molecule has 116 valence electrons.